The van der Waals surface area contributed by atoms with Gasteiger partial charge >= 0.3 is 0 Å². The van der Waals surface area contributed by atoms with Gasteiger partial charge in [0, 0.05) is 20.3 Å². The highest BCUT2D eigenvalue weighted by atomic mass is 32.1. The molecule has 1 rings (SSSR count). The number of aromatic nitrogens is 1. The molecule has 0 atom stereocenters. The number of nitrogens with one attached hydrogen (secondary N) is 1. The summed E-state index contributed by atoms with van der Waals surface area (Å²) < 4.78 is 0.490. The summed E-state index contributed by atoms with van der Waals surface area (Å²) >= 11 is 4.95. The normalized spacial score (nSPS) is 9.08. The molecule has 4 heteroatoms. The van der Waals surface area contributed by atoms with Gasteiger partial charge in [0.15, 0.2) is 0 Å². The Morgan fingerprint density at radius 1 is 1.58 bits per heavy atom. The molecule has 0 saturated heterocycles. The highest BCUT2D eigenvalue weighted by molar-refractivity contribution is 7.71. The van der Waals surface area contributed by atoms with E-state index in [2.05, 4.69) is 11.1 Å². The molecule has 0 aliphatic heterocycles. The Kier molecular flexibility index (Phi) is 2.46. The van der Waals surface area contributed by atoms with Crippen LogP contribution in [0.1, 0.15) is 5.56 Å². The molecular weight excluding hydrogens is 170 g/mol. The Morgan fingerprint density at radius 2 is 2.25 bits per heavy atom. The van der Waals surface area contributed by atoms with Gasteiger partial charge in [0.05, 0.1) is 5.69 Å². The maximum absolute atomic E-state index is 8.78. The van der Waals surface area contributed by atoms with Gasteiger partial charge < -0.3 is 9.88 Å². The van der Waals surface area contributed by atoms with Gasteiger partial charge in [-0.2, -0.15) is 5.26 Å². The predicted molar refractivity (Wildman–Crippen MR) is 50.7 cm³/mol. The van der Waals surface area contributed by atoms with E-state index in [-0.39, 0.29) is 0 Å². The molecule has 0 amide bonds. The number of pyridine rings is 1. The monoisotopic (exact) mass is 179 g/mol. The van der Waals surface area contributed by atoms with E-state index in [1.54, 1.807) is 6.20 Å². The van der Waals surface area contributed by atoms with Gasteiger partial charge in [-0.15, -0.1) is 0 Å². The number of nitrogens with zero attached hydrogens (tertiary/aromatic N) is 2. The third-order valence-corrected chi connectivity index (χ3v) is 1.85. The van der Waals surface area contributed by atoms with Crippen molar-refractivity contribution in [3.8, 4) is 6.07 Å². The van der Waals surface area contributed by atoms with Crippen molar-refractivity contribution in [3.05, 3.63) is 22.5 Å². The second-order valence-corrected chi connectivity index (χ2v) is 2.98. The fraction of sp³-hybridized carbons (Fsp3) is 0.250. The highest BCUT2D eigenvalue weighted by Crippen LogP contribution is 2.16. The first-order chi connectivity index (χ1) is 5.66. The van der Waals surface area contributed by atoms with Crippen molar-refractivity contribution < 1.29 is 0 Å². The van der Waals surface area contributed by atoms with E-state index < -0.39 is 0 Å². The van der Waals surface area contributed by atoms with Crippen molar-refractivity contribution in [2.45, 2.75) is 0 Å². The lowest BCUT2D eigenvalue weighted by Gasteiger charge is -2.13. The molecule has 3 nitrogen and oxygen atoms in total. The molecule has 0 aromatic carbocycles. The molecule has 0 saturated carbocycles. The van der Waals surface area contributed by atoms with E-state index in [4.69, 9.17) is 17.5 Å². The van der Waals surface area contributed by atoms with Crippen LogP contribution >= 0.6 is 12.2 Å². The molecular formula is C8H9N3S. The Morgan fingerprint density at radius 3 is 2.67 bits per heavy atom. The van der Waals surface area contributed by atoms with Crippen LogP contribution < -0.4 is 4.90 Å². The molecule has 0 unspecified atom stereocenters. The first kappa shape index (κ1) is 8.75. The van der Waals surface area contributed by atoms with E-state index in [0.29, 0.717) is 10.2 Å². The molecule has 0 aliphatic carbocycles. The average molecular weight is 179 g/mol. The highest BCUT2D eigenvalue weighted by Gasteiger charge is 2.03. The van der Waals surface area contributed by atoms with E-state index in [1.165, 1.54) is 0 Å². The molecule has 0 bridgehead atoms. The fourth-order valence-corrected chi connectivity index (χ4v) is 1.17. The van der Waals surface area contributed by atoms with Gasteiger partial charge in [0.2, 0.25) is 0 Å². The summed E-state index contributed by atoms with van der Waals surface area (Å²) in [5.74, 6) is 0. The Hall–Kier alpha value is -1.34. The topological polar surface area (TPSA) is 42.8 Å². The molecule has 62 valence electrons. The van der Waals surface area contributed by atoms with Gasteiger partial charge in [-0.1, -0.05) is 12.2 Å². The Labute approximate surface area is 76.3 Å². The van der Waals surface area contributed by atoms with Crippen molar-refractivity contribution in [2.24, 2.45) is 0 Å². The van der Waals surface area contributed by atoms with Gasteiger partial charge in [-0.25, -0.2) is 0 Å². The van der Waals surface area contributed by atoms with E-state index in [9.17, 15) is 0 Å². The predicted octanol–water partition coefficient (Wildman–Crippen LogP) is 1.68. The van der Waals surface area contributed by atoms with Crippen LogP contribution in [0.5, 0.6) is 0 Å². The molecule has 0 radical (unpaired) electrons. The zero-order chi connectivity index (χ0) is 9.14. The summed E-state index contributed by atoms with van der Waals surface area (Å²) in [6.07, 6.45) is 1.73. The minimum atomic E-state index is 0.490. The van der Waals surface area contributed by atoms with E-state index >= 15 is 0 Å². The summed E-state index contributed by atoms with van der Waals surface area (Å²) in [6.45, 7) is 0. The van der Waals surface area contributed by atoms with Crippen LogP contribution in [0, 0.1) is 16.0 Å². The molecule has 1 aromatic rings. The molecule has 0 fully saturated rings. The molecule has 1 heterocycles. The van der Waals surface area contributed by atoms with Crippen LogP contribution in [-0.2, 0) is 0 Å². The number of hydrogen-bond acceptors (Lipinski definition) is 3. The third-order valence-electron chi connectivity index (χ3n) is 1.53. The van der Waals surface area contributed by atoms with E-state index in [0.717, 1.165) is 5.69 Å². The lowest BCUT2D eigenvalue weighted by atomic mass is 10.2. The van der Waals surface area contributed by atoms with Gasteiger partial charge in [0.1, 0.15) is 16.3 Å². The van der Waals surface area contributed by atoms with Crippen molar-refractivity contribution >= 4 is 17.9 Å². The van der Waals surface area contributed by atoms with Gasteiger partial charge in [0.25, 0.3) is 0 Å². The van der Waals surface area contributed by atoms with E-state index in [1.807, 2.05) is 25.1 Å². The van der Waals surface area contributed by atoms with Crippen molar-refractivity contribution in [1.29, 1.82) is 5.26 Å². The SMILES string of the molecule is CN(C)c1cc[nH]c(=S)c1C#N. The second kappa shape index (κ2) is 3.37. The maximum Gasteiger partial charge on any atom is 0.123 e. The number of anilines is 1. The van der Waals surface area contributed by atoms with Gasteiger partial charge in [-0.3, -0.25) is 0 Å². The molecule has 0 aliphatic rings. The average Bonchev–Trinajstić information content (AvgIpc) is 2.03. The van der Waals surface area contributed by atoms with Crippen LogP contribution in [0.3, 0.4) is 0 Å². The number of nitriles is 1. The Bertz CT molecular complexity index is 373. The minimum absolute atomic E-state index is 0.490. The smallest absolute Gasteiger partial charge is 0.123 e. The summed E-state index contributed by atoms with van der Waals surface area (Å²) in [4.78, 5) is 4.68. The maximum atomic E-state index is 8.78. The second-order valence-electron chi connectivity index (χ2n) is 2.57. The minimum Gasteiger partial charge on any atom is -0.376 e. The summed E-state index contributed by atoms with van der Waals surface area (Å²) in [7, 11) is 3.76. The third kappa shape index (κ3) is 1.46. The molecule has 1 aromatic heterocycles. The summed E-state index contributed by atoms with van der Waals surface area (Å²) in [6, 6.07) is 3.90. The van der Waals surface area contributed by atoms with Crippen molar-refractivity contribution in [1.82, 2.24) is 4.98 Å². The van der Waals surface area contributed by atoms with Crippen molar-refractivity contribution in [2.75, 3.05) is 19.0 Å². The van der Waals surface area contributed by atoms with Crippen LogP contribution in [0.15, 0.2) is 12.3 Å². The lowest BCUT2D eigenvalue weighted by Crippen LogP contribution is -2.10. The first-order valence-electron chi connectivity index (χ1n) is 3.46. The molecule has 0 spiro atoms. The number of rotatable bonds is 1. The quantitative estimate of drug-likeness (QED) is 0.667. The van der Waals surface area contributed by atoms with Crippen LogP contribution in [0.25, 0.3) is 0 Å². The summed E-state index contributed by atoms with van der Waals surface area (Å²) in [5, 5.41) is 8.78. The van der Waals surface area contributed by atoms with Crippen LogP contribution in [0.4, 0.5) is 5.69 Å². The number of H-pyrrole nitrogens is 1. The summed E-state index contributed by atoms with van der Waals surface area (Å²) in [5.41, 5.74) is 1.37. The largest absolute Gasteiger partial charge is 0.376 e. The fourth-order valence-electron chi connectivity index (χ4n) is 0.949. The van der Waals surface area contributed by atoms with Gasteiger partial charge in [-0.05, 0) is 6.07 Å². The zero-order valence-corrected chi connectivity index (χ0v) is 7.77. The molecule has 1 N–H and O–H groups in total. The van der Waals surface area contributed by atoms with Crippen LogP contribution in [-0.4, -0.2) is 19.1 Å². The van der Waals surface area contributed by atoms with Crippen LogP contribution in [0.2, 0.25) is 0 Å². The number of aromatic amines is 1. The molecule has 12 heavy (non-hydrogen) atoms. The standard InChI is InChI=1S/C8H9N3S/c1-11(2)7-3-4-10-8(12)6(7)5-9/h3-4H,1-2H3,(H,10,12). The lowest BCUT2D eigenvalue weighted by molar-refractivity contribution is 1.11. The Balaban J connectivity index is 3.41. The first-order valence-corrected chi connectivity index (χ1v) is 3.86. The zero-order valence-electron chi connectivity index (χ0n) is 6.96. The van der Waals surface area contributed by atoms with Crippen molar-refractivity contribution in [3.63, 3.8) is 0 Å². The number of hydrogen-bond donors (Lipinski definition) is 1.